The van der Waals surface area contributed by atoms with E-state index in [1.165, 1.54) is 12.1 Å². The summed E-state index contributed by atoms with van der Waals surface area (Å²) in [7, 11) is 0. The molecular weight excluding hydrogens is 239 g/mol. The molecule has 78 valence electrons. The van der Waals surface area contributed by atoms with Crippen molar-refractivity contribution < 1.29 is 15.0 Å². The van der Waals surface area contributed by atoms with Gasteiger partial charge in [-0.3, -0.25) is 0 Å². The Labute approximate surface area is 96.2 Å². The van der Waals surface area contributed by atoms with Crippen LogP contribution >= 0.6 is 23.2 Å². The fraction of sp³-hybridized carbons (Fsp3) is 0.100. The zero-order chi connectivity index (χ0) is 11.6. The van der Waals surface area contributed by atoms with E-state index in [1.807, 2.05) is 5.92 Å². The van der Waals surface area contributed by atoms with Gasteiger partial charge in [-0.25, -0.2) is 4.79 Å². The van der Waals surface area contributed by atoms with Crippen LogP contribution in [0.3, 0.4) is 0 Å². The van der Waals surface area contributed by atoms with Gasteiger partial charge >= 0.3 is 5.97 Å². The van der Waals surface area contributed by atoms with E-state index < -0.39 is 12.1 Å². The van der Waals surface area contributed by atoms with Gasteiger partial charge in [0.2, 0.25) is 0 Å². The molecule has 0 aliphatic rings. The molecule has 0 aromatic heterocycles. The summed E-state index contributed by atoms with van der Waals surface area (Å²) < 4.78 is 0. The maximum atomic E-state index is 10.7. The second-order valence-corrected chi connectivity index (χ2v) is 3.48. The molecule has 15 heavy (non-hydrogen) atoms. The predicted octanol–water partition coefficient (Wildman–Crippen LogP) is 2.36. The van der Waals surface area contributed by atoms with Crippen LogP contribution in [0.15, 0.2) is 12.1 Å². The molecule has 0 radical (unpaired) electrons. The summed E-state index contributed by atoms with van der Waals surface area (Å²) in [6, 6.07) is 2.58. The van der Waals surface area contributed by atoms with E-state index in [2.05, 4.69) is 0 Å². The normalized spacial score (nSPS) is 11.9. The van der Waals surface area contributed by atoms with Gasteiger partial charge < -0.3 is 10.2 Å². The Morgan fingerprint density at radius 1 is 1.47 bits per heavy atom. The number of carboxylic acid groups (broad SMARTS) is 1. The summed E-state index contributed by atoms with van der Waals surface area (Å²) >= 11 is 11.5. The number of benzene rings is 1. The summed E-state index contributed by atoms with van der Waals surface area (Å²) in [5.74, 6) is 0.816. The predicted molar refractivity (Wildman–Crippen MR) is 57.2 cm³/mol. The molecule has 0 heterocycles. The van der Waals surface area contributed by atoms with Gasteiger partial charge in [-0.15, -0.1) is 6.42 Å². The highest BCUT2D eigenvalue weighted by Gasteiger charge is 2.19. The van der Waals surface area contributed by atoms with Crippen molar-refractivity contribution >= 4 is 29.2 Å². The van der Waals surface area contributed by atoms with Crippen molar-refractivity contribution in [2.45, 2.75) is 6.10 Å². The van der Waals surface area contributed by atoms with E-state index in [9.17, 15) is 9.90 Å². The van der Waals surface area contributed by atoms with E-state index >= 15 is 0 Å². The van der Waals surface area contributed by atoms with Crippen molar-refractivity contribution in [1.29, 1.82) is 0 Å². The average Bonchev–Trinajstić information content (AvgIpc) is 2.16. The molecule has 0 fully saturated rings. The van der Waals surface area contributed by atoms with Crippen molar-refractivity contribution in [3.8, 4) is 12.3 Å². The molecule has 0 bridgehead atoms. The molecule has 0 spiro atoms. The smallest absolute Gasteiger partial charge is 0.337 e. The number of hydrogen-bond donors (Lipinski definition) is 2. The molecule has 1 unspecified atom stereocenters. The molecule has 1 rings (SSSR count). The number of terminal acetylenes is 1. The van der Waals surface area contributed by atoms with Crippen LogP contribution in [0, 0.1) is 12.3 Å². The first-order chi connectivity index (χ1) is 6.99. The van der Waals surface area contributed by atoms with Crippen molar-refractivity contribution in [2.24, 2.45) is 0 Å². The molecule has 0 saturated carbocycles. The number of halogens is 2. The standard InChI is InChI=1S/C10H6Cl2O3/c1-2-7(13)8-6(11)4-3-5(9(8)12)10(14)15/h1,3-4,7,13H,(H,14,15). The molecule has 0 saturated heterocycles. The maximum absolute atomic E-state index is 10.7. The minimum Gasteiger partial charge on any atom is -0.478 e. The average molecular weight is 245 g/mol. The molecule has 1 aromatic carbocycles. The highest BCUT2D eigenvalue weighted by molar-refractivity contribution is 6.38. The Morgan fingerprint density at radius 2 is 2.07 bits per heavy atom. The summed E-state index contributed by atoms with van der Waals surface area (Å²) in [4.78, 5) is 10.7. The largest absolute Gasteiger partial charge is 0.478 e. The number of carbonyl (C=O) groups is 1. The monoisotopic (exact) mass is 244 g/mol. The molecule has 5 heteroatoms. The fourth-order valence-electron chi connectivity index (χ4n) is 1.07. The van der Waals surface area contributed by atoms with Crippen LogP contribution < -0.4 is 0 Å². The summed E-state index contributed by atoms with van der Waals surface area (Å²) in [6.07, 6.45) is 3.69. The quantitative estimate of drug-likeness (QED) is 0.786. The van der Waals surface area contributed by atoms with Gasteiger partial charge in [-0.1, -0.05) is 29.1 Å². The van der Waals surface area contributed by atoms with Gasteiger partial charge in [0.15, 0.2) is 0 Å². The molecule has 1 atom stereocenters. The van der Waals surface area contributed by atoms with E-state index in [4.69, 9.17) is 34.7 Å². The van der Waals surface area contributed by atoms with E-state index in [-0.39, 0.29) is 21.2 Å². The first kappa shape index (κ1) is 11.9. The number of hydrogen-bond acceptors (Lipinski definition) is 2. The Hall–Kier alpha value is -1.21. The van der Waals surface area contributed by atoms with Crippen molar-refractivity contribution in [1.82, 2.24) is 0 Å². The first-order valence-corrected chi connectivity index (χ1v) is 4.60. The number of aliphatic hydroxyl groups is 1. The topological polar surface area (TPSA) is 57.5 Å². The number of carboxylic acids is 1. The zero-order valence-corrected chi connectivity index (χ0v) is 8.88. The Kier molecular flexibility index (Phi) is 3.59. The van der Waals surface area contributed by atoms with Gasteiger partial charge in [-0.05, 0) is 12.1 Å². The van der Waals surface area contributed by atoms with Gasteiger partial charge in [0.05, 0.1) is 10.6 Å². The van der Waals surface area contributed by atoms with Gasteiger partial charge in [-0.2, -0.15) is 0 Å². The lowest BCUT2D eigenvalue weighted by atomic mass is 10.1. The van der Waals surface area contributed by atoms with Crippen LogP contribution in [0.1, 0.15) is 22.0 Å². The van der Waals surface area contributed by atoms with Crippen LogP contribution in [0.5, 0.6) is 0 Å². The van der Waals surface area contributed by atoms with Crippen LogP contribution in [0.2, 0.25) is 10.0 Å². The third kappa shape index (κ3) is 2.24. The van der Waals surface area contributed by atoms with Gasteiger partial charge in [0, 0.05) is 10.6 Å². The van der Waals surface area contributed by atoms with Crippen LogP contribution in [0.4, 0.5) is 0 Å². The van der Waals surface area contributed by atoms with E-state index in [0.717, 1.165) is 0 Å². The fourth-order valence-corrected chi connectivity index (χ4v) is 1.73. The van der Waals surface area contributed by atoms with Gasteiger partial charge in [0.25, 0.3) is 0 Å². The number of aliphatic hydroxyl groups excluding tert-OH is 1. The van der Waals surface area contributed by atoms with Crippen LogP contribution in [0.25, 0.3) is 0 Å². The van der Waals surface area contributed by atoms with Crippen molar-refractivity contribution in [3.63, 3.8) is 0 Å². The number of aromatic carboxylic acids is 1. The van der Waals surface area contributed by atoms with Crippen molar-refractivity contribution in [3.05, 3.63) is 33.3 Å². The van der Waals surface area contributed by atoms with E-state index in [0.29, 0.717) is 0 Å². The second kappa shape index (κ2) is 4.54. The minimum absolute atomic E-state index is 0.0423. The third-order valence-corrected chi connectivity index (χ3v) is 2.53. The summed E-state index contributed by atoms with van der Waals surface area (Å²) in [6.45, 7) is 0. The lowest BCUT2D eigenvalue weighted by molar-refractivity contribution is 0.0697. The Bertz CT molecular complexity index is 449. The minimum atomic E-state index is -1.32. The lowest BCUT2D eigenvalue weighted by Crippen LogP contribution is -2.03. The first-order valence-electron chi connectivity index (χ1n) is 3.84. The lowest BCUT2D eigenvalue weighted by Gasteiger charge is -2.10. The molecular formula is C10H6Cl2O3. The van der Waals surface area contributed by atoms with Crippen LogP contribution in [-0.4, -0.2) is 16.2 Å². The van der Waals surface area contributed by atoms with E-state index in [1.54, 1.807) is 0 Å². The maximum Gasteiger partial charge on any atom is 0.337 e. The highest BCUT2D eigenvalue weighted by atomic mass is 35.5. The van der Waals surface area contributed by atoms with Gasteiger partial charge in [0.1, 0.15) is 6.10 Å². The Morgan fingerprint density at radius 3 is 2.53 bits per heavy atom. The summed E-state index contributed by atoms with van der Waals surface area (Å²) in [5.41, 5.74) is -0.105. The van der Waals surface area contributed by atoms with Crippen LogP contribution in [-0.2, 0) is 0 Å². The molecule has 0 aliphatic carbocycles. The zero-order valence-electron chi connectivity index (χ0n) is 7.37. The third-order valence-electron chi connectivity index (χ3n) is 1.79. The molecule has 0 amide bonds. The summed E-state index contributed by atoms with van der Waals surface area (Å²) in [5, 5.41) is 18.2. The highest BCUT2D eigenvalue weighted by Crippen LogP contribution is 2.32. The number of rotatable bonds is 2. The molecule has 1 aromatic rings. The Balaban J connectivity index is 3.44. The van der Waals surface area contributed by atoms with Crippen molar-refractivity contribution in [2.75, 3.05) is 0 Å². The molecule has 0 aliphatic heterocycles. The second-order valence-electron chi connectivity index (χ2n) is 2.70. The SMILES string of the molecule is C#CC(O)c1c(Cl)ccc(C(=O)O)c1Cl. The molecule has 2 N–H and O–H groups in total. The molecule has 3 nitrogen and oxygen atoms in total.